The normalized spacial score (nSPS) is 25.4. The molecule has 1 fully saturated rings. The maximum absolute atomic E-state index is 11.7. The molecule has 0 radical (unpaired) electrons. The summed E-state index contributed by atoms with van der Waals surface area (Å²) in [6, 6.07) is 0. The first-order chi connectivity index (χ1) is 6.44. The van der Waals surface area contributed by atoms with Crippen LogP contribution in [0, 0.1) is 17.3 Å². The third kappa shape index (κ3) is 3.11. The van der Waals surface area contributed by atoms with Crippen LogP contribution in [-0.4, -0.2) is 5.78 Å². The summed E-state index contributed by atoms with van der Waals surface area (Å²) in [5.74, 6) is 1.55. The maximum Gasteiger partial charge on any atom is 0.136 e. The van der Waals surface area contributed by atoms with E-state index in [1.54, 1.807) is 0 Å². The largest absolute Gasteiger partial charge is 0.299 e. The Morgan fingerprint density at radius 2 is 2.07 bits per heavy atom. The Morgan fingerprint density at radius 3 is 2.43 bits per heavy atom. The number of carbonyl (C=O) groups excluding carboxylic acids is 1. The van der Waals surface area contributed by atoms with Crippen LogP contribution in [0.5, 0.6) is 0 Å². The van der Waals surface area contributed by atoms with Crippen LogP contribution in [0.2, 0.25) is 0 Å². The fourth-order valence-electron chi connectivity index (χ4n) is 2.70. The molecule has 1 nitrogen and oxygen atoms in total. The van der Waals surface area contributed by atoms with E-state index in [0.717, 1.165) is 25.7 Å². The van der Waals surface area contributed by atoms with Gasteiger partial charge in [0.15, 0.2) is 0 Å². The van der Waals surface area contributed by atoms with Crippen molar-refractivity contribution in [2.45, 2.75) is 59.8 Å². The first-order valence-electron chi connectivity index (χ1n) is 5.97. The molecule has 1 heteroatoms. The van der Waals surface area contributed by atoms with Crippen LogP contribution in [0.1, 0.15) is 59.8 Å². The van der Waals surface area contributed by atoms with E-state index in [4.69, 9.17) is 0 Å². The predicted octanol–water partition coefficient (Wildman–Crippen LogP) is 3.82. The first kappa shape index (κ1) is 11.7. The van der Waals surface area contributed by atoms with E-state index in [9.17, 15) is 4.79 Å². The smallest absolute Gasteiger partial charge is 0.136 e. The fourth-order valence-corrected chi connectivity index (χ4v) is 2.70. The third-order valence-electron chi connectivity index (χ3n) is 3.32. The maximum atomic E-state index is 11.7. The second kappa shape index (κ2) is 4.46. The van der Waals surface area contributed by atoms with Gasteiger partial charge in [-0.25, -0.2) is 0 Å². The number of hydrogen-bond acceptors (Lipinski definition) is 1. The summed E-state index contributed by atoms with van der Waals surface area (Å²) in [4.78, 5) is 11.7. The summed E-state index contributed by atoms with van der Waals surface area (Å²) in [5, 5.41) is 0. The van der Waals surface area contributed by atoms with E-state index in [2.05, 4.69) is 27.7 Å². The van der Waals surface area contributed by atoms with Gasteiger partial charge in [-0.05, 0) is 30.6 Å². The minimum absolute atomic E-state index is 0.365. The Morgan fingerprint density at radius 1 is 1.43 bits per heavy atom. The second-order valence-corrected chi connectivity index (χ2v) is 5.90. The molecule has 1 aliphatic rings. The van der Waals surface area contributed by atoms with Crippen molar-refractivity contribution in [3.8, 4) is 0 Å². The molecule has 2 unspecified atom stereocenters. The average molecular weight is 196 g/mol. The topological polar surface area (TPSA) is 17.1 Å². The van der Waals surface area contributed by atoms with Crippen LogP contribution < -0.4 is 0 Å². The molecule has 2 atom stereocenters. The molecule has 1 rings (SSSR count). The molecule has 1 aliphatic carbocycles. The molecule has 0 aromatic rings. The van der Waals surface area contributed by atoms with Gasteiger partial charge in [-0.2, -0.15) is 0 Å². The quantitative estimate of drug-likeness (QED) is 0.670. The molecular formula is C13H24O. The summed E-state index contributed by atoms with van der Waals surface area (Å²) in [6.07, 6.45) is 5.47. The van der Waals surface area contributed by atoms with Crippen LogP contribution in [0.3, 0.4) is 0 Å². The second-order valence-electron chi connectivity index (χ2n) is 5.90. The van der Waals surface area contributed by atoms with E-state index in [0.29, 0.717) is 23.0 Å². The highest BCUT2D eigenvalue weighted by molar-refractivity contribution is 5.83. The van der Waals surface area contributed by atoms with Gasteiger partial charge in [-0.15, -0.1) is 0 Å². The van der Waals surface area contributed by atoms with Gasteiger partial charge in [-0.3, -0.25) is 4.79 Å². The Balaban J connectivity index is 2.57. The van der Waals surface area contributed by atoms with Crippen LogP contribution in [0.25, 0.3) is 0 Å². The zero-order valence-corrected chi connectivity index (χ0v) is 10.1. The number of Topliss-reactive ketones (excluding diaryl/α,β-unsaturated/α-hetero) is 1. The van der Waals surface area contributed by atoms with Gasteiger partial charge < -0.3 is 0 Å². The molecule has 0 aliphatic heterocycles. The summed E-state index contributed by atoms with van der Waals surface area (Å²) in [5.41, 5.74) is 0.365. The Hall–Kier alpha value is -0.330. The molecule has 0 saturated heterocycles. The van der Waals surface area contributed by atoms with Crippen LogP contribution in [0.15, 0.2) is 0 Å². The molecule has 1 saturated carbocycles. The first-order valence-corrected chi connectivity index (χ1v) is 5.97. The van der Waals surface area contributed by atoms with Crippen molar-refractivity contribution >= 4 is 5.78 Å². The number of carbonyl (C=O) groups is 1. The molecule has 0 spiro atoms. The third-order valence-corrected chi connectivity index (χ3v) is 3.32. The highest BCUT2D eigenvalue weighted by Gasteiger charge is 2.32. The lowest BCUT2D eigenvalue weighted by molar-refractivity contribution is -0.122. The van der Waals surface area contributed by atoms with Crippen molar-refractivity contribution in [2.75, 3.05) is 0 Å². The van der Waals surface area contributed by atoms with E-state index < -0.39 is 0 Å². The summed E-state index contributed by atoms with van der Waals surface area (Å²) in [7, 11) is 0. The van der Waals surface area contributed by atoms with Gasteiger partial charge in [0.25, 0.3) is 0 Å². The van der Waals surface area contributed by atoms with Crippen molar-refractivity contribution in [2.24, 2.45) is 17.3 Å². The number of hydrogen-bond donors (Lipinski definition) is 0. The molecule has 14 heavy (non-hydrogen) atoms. The molecule has 0 bridgehead atoms. The van der Waals surface area contributed by atoms with Crippen molar-refractivity contribution < 1.29 is 4.79 Å². The SMILES string of the molecule is CCC(CC(C)(C)C)C1CCCC1=O. The van der Waals surface area contributed by atoms with Crippen molar-refractivity contribution in [1.82, 2.24) is 0 Å². The van der Waals surface area contributed by atoms with Crippen molar-refractivity contribution in [3.63, 3.8) is 0 Å². The summed E-state index contributed by atoms with van der Waals surface area (Å²) in [6.45, 7) is 9.04. The van der Waals surface area contributed by atoms with Gasteiger partial charge >= 0.3 is 0 Å². The summed E-state index contributed by atoms with van der Waals surface area (Å²) >= 11 is 0. The molecule has 0 amide bonds. The monoisotopic (exact) mass is 196 g/mol. The van der Waals surface area contributed by atoms with Gasteiger partial charge in [-0.1, -0.05) is 34.1 Å². The van der Waals surface area contributed by atoms with E-state index in [-0.39, 0.29) is 0 Å². The standard InChI is InChI=1S/C13H24O/c1-5-10(9-13(2,3)4)11-7-6-8-12(11)14/h10-11H,5-9H2,1-4H3. The van der Waals surface area contributed by atoms with Crippen LogP contribution in [-0.2, 0) is 4.79 Å². The molecule has 0 aromatic heterocycles. The van der Waals surface area contributed by atoms with Crippen molar-refractivity contribution in [3.05, 3.63) is 0 Å². The lowest BCUT2D eigenvalue weighted by atomic mass is 9.76. The molecular weight excluding hydrogens is 172 g/mol. The average Bonchev–Trinajstić information content (AvgIpc) is 2.45. The van der Waals surface area contributed by atoms with Crippen LogP contribution >= 0.6 is 0 Å². The van der Waals surface area contributed by atoms with E-state index in [1.165, 1.54) is 6.42 Å². The number of ketones is 1. The Labute approximate surface area is 88.3 Å². The van der Waals surface area contributed by atoms with Gasteiger partial charge in [0.1, 0.15) is 5.78 Å². The predicted molar refractivity (Wildman–Crippen MR) is 60.2 cm³/mol. The molecule has 0 heterocycles. The van der Waals surface area contributed by atoms with E-state index >= 15 is 0 Å². The zero-order chi connectivity index (χ0) is 10.8. The lowest BCUT2D eigenvalue weighted by Gasteiger charge is -2.28. The van der Waals surface area contributed by atoms with E-state index in [1.807, 2.05) is 0 Å². The molecule has 0 N–H and O–H groups in total. The Bertz CT molecular complexity index is 200. The zero-order valence-electron chi connectivity index (χ0n) is 10.1. The highest BCUT2D eigenvalue weighted by Crippen LogP contribution is 2.37. The minimum atomic E-state index is 0.365. The van der Waals surface area contributed by atoms with Gasteiger partial charge in [0, 0.05) is 12.3 Å². The Kier molecular flexibility index (Phi) is 3.74. The molecule has 0 aromatic carbocycles. The minimum Gasteiger partial charge on any atom is -0.299 e. The summed E-state index contributed by atoms with van der Waals surface area (Å²) < 4.78 is 0. The molecule has 82 valence electrons. The van der Waals surface area contributed by atoms with Crippen LogP contribution in [0.4, 0.5) is 0 Å². The highest BCUT2D eigenvalue weighted by atomic mass is 16.1. The van der Waals surface area contributed by atoms with Gasteiger partial charge in [0.2, 0.25) is 0 Å². The van der Waals surface area contributed by atoms with Crippen molar-refractivity contribution in [1.29, 1.82) is 0 Å². The number of rotatable bonds is 3. The van der Waals surface area contributed by atoms with Gasteiger partial charge in [0.05, 0.1) is 0 Å². The lowest BCUT2D eigenvalue weighted by Crippen LogP contribution is -2.23. The fraction of sp³-hybridized carbons (Fsp3) is 0.923.